The number of hydrogen-bond acceptors (Lipinski definition) is 5. The highest BCUT2D eigenvalue weighted by atomic mass is 35.5. The van der Waals surface area contributed by atoms with Crippen LogP contribution in [0.4, 0.5) is 5.69 Å². The van der Waals surface area contributed by atoms with Crippen LogP contribution in [0.25, 0.3) is 10.9 Å². The van der Waals surface area contributed by atoms with Crippen LogP contribution in [-0.2, 0) is 0 Å². The molecule has 8 nitrogen and oxygen atoms in total. The number of nitrogens with one attached hydrogen (secondary N) is 2. The van der Waals surface area contributed by atoms with Gasteiger partial charge in [-0.2, -0.15) is 5.10 Å². The third kappa shape index (κ3) is 3.81. The van der Waals surface area contributed by atoms with Crippen LogP contribution in [0.1, 0.15) is 36.2 Å². The van der Waals surface area contributed by atoms with Gasteiger partial charge in [-0.05, 0) is 44.2 Å². The molecule has 1 saturated heterocycles. The number of non-ortho nitro benzene ring substituents is 1. The van der Waals surface area contributed by atoms with E-state index >= 15 is 0 Å². The highest BCUT2D eigenvalue weighted by Crippen LogP contribution is 2.28. The minimum atomic E-state index is -0.461. The fourth-order valence-corrected chi connectivity index (χ4v) is 3.37. The number of likely N-dealkylation sites (tertiary alicyclic amines) is 1. The van der Waals surface area contributed by atoms with Gasteiger partial charge in [0, 0.05) is 36.7 Å². The molecule has 1 aliphatic heterocycles. The summed E-state index contributed by atoms with van der Waals surface area (Å²) in [6, 6.07) is 4.88. The van der Waals surface area contributed by atoms with Crippen LogP contribution in [0, 0.1) is 16.0 Å². The molecule has 2 heterocycles. The van der Waals surface area contributed by atoms with Crippen molar-refractivity contribution in [1.82, 2.24) is 20.4 Å². The molecule has 0 spiro atoms. The predicted molar refractivity (Wildman–Crippen MR) is 99.6 cm³/mol. The third-order valence-electron chi connectivity index (χ3n) is 5.13. The lowest BCUT2D eigenvalue weighted by Crippen LogP contribution is -2.45. The van der Waals surface area contributed by atoms with Gasteiger partial charge in [0.15, 0.2) is 5.69 Å². The molecule has 1 aromatic carbocycles. The summed E-state index contributed by atoms with van der Waals surface area (Å²) in [6.45, 7) is 2.46. The summed E-state index contributed by atoms with van der Waals surface area (Å²) >= 11 is 0. The van der Waals surface area contributed by atoms with Gasteiger partial charge >= 0.3 is 0 Å². The topological polar surface area (TPSA) is 104 Å². The summed E-state index contributed by atoms with van der Waals surface area (Å²) < 4.78 is 0. The first-order valence-electron chi connectivity index (χ1n) is 8.77. The van der Waals surface area contributed by atoms with E-state index in [0.29, 0.717) is 30.0 Å². The van der Waals surface area contributed by atoms with Crippen LogP contribution in [0.2, 0.25) is 0 Å². The summed E-state index contributed by atoms with van der Waals surface area (Å²) in [5, 5.41) is 22.0. The maximum absolute atomic E-state index is 12.8. The van der Waals surface area contributed by atoms with Crippen LogP contribution in [0.15, 0.2) is 18.2 Å². The summed E-state index contributed by atoms with van der Waals surface area (Å²) in [5.41, 5.74) is 0.865. The number of amides is 1. The minimum absolute atomic E-state index is 0. The van der Waals surface area contributed by atoms with Gasteiger partial charge in [-0.1, -0.05) is 0 Å². The summed E-state index contributed by atoms with van der Waals surface area (Å²) in [4.78, 5) is 25.1. The molecule has 2 aromatic rings. The highest BCUT2D eigenvalue weighted by molar-refractivity contribution is 6.05. The Balaban J connectivity index is 0.00000196. The molecular weight excluding hydrogens is 358 g/mol. The number of fused-ring (bicyclic) bond motifs is 1. The van der Waals surface area contributed by atoms with Crippen molar-refractivity contribution >= 4 is 34.9 Å². The molecule has 4 rings (SSSR count). The second kappa shape index (κ2) is 7.59. The molecule has 1 aliphatic carbocycles. The van der Waals surface area contributed by atoms with Crippen LogP contribution < -0.4 is 5.32 Å². The fourth-order valence-electron chi connectivity index (χ4n) is 3.37. The molecule has 2 fully saturated rings. The standard InChI is InChI=1S/C17H21N5O3.ClH/c23-17(21-7-5-12(6-8-21)18-10-11-1-2-11)16-14-9-13(22(24)25)3-4-15(14)19-20-16;/h3-4,9,11-12,18H,1-2,5-8,10H2,(H,19,20);1H. The van der Waals surface area contributed by atoms with Gasteiger partial charge in [0.2, 0.25) is 0 Å². The van der Waals surface area contributed by atoms with Gasteiger partial charge in [0.1, 0.15) is 0 Å². The van der Waals surface area contributed by atoms with E-state index in [1.165, 1.54) is 25.0 Å². The number of H-pyrrole nitrogens is 1. The molecule has 140 valence electrons. The van der Waals surface area contributed by atoms with Crippen molar-refractivity contribution in [2.75, 3.05) is 19.6 Å². The normalized spacial score (nSPS) is 17.9. The maximum Gasteiger partial charge on any atom is 0.274 e. The Bertz CT molecular complexity index is 812. The molecule has 0 atom stereocenters. The number of piperidine rings is 1. The predicted octanol–water partition coefficient (Wildman–Crippen LogP) is 2.50. The number of hydrogen-bond donors (Lipinski definition) is 2. The van der Waals surface area contributed by atoms with Gasteiger partial charge in [-0.15, -0.1) is 12.4 Å². The van der Waals surface area contributed by atoms with E-state index < -0.39 is 4.92 Å². The van der Waals surface area contributed by atoms with E-state index in [1.807, 2.05) is 0 Å². The first-order chi connectivity index (χ1) is 12.1. The van der Waals surface area contributed by atoms with Crippen LogP contribution in [-0.4, -0.2) is 51.6 Å². The monoisotopic (exact) mass is 379 g/mol. The van der Waals surface area contributed by atoms with Gasteiger partial charge < -0.3 is 10.2 Å². The molecule has 0 unspecified atom stereocenters. The van der Waals surface area contributed by atoms with Gasteiger partial charge in [-0.3, -0.25) is 20.0 Å². The Hall–Kier alpha value is -2.19. The Kier molecular flexibility index (Phi) is 5.43. The van der Waals surface area contributed by atoms with E-state index in [1.54, 1.807) is 11.0 Å². The highest BCUT2D eigenvalue weighted by Gasteiger charge is 2.28. The van der Waals surface area contributed by atoms with Crippen LogP contribution in [0.3, 0.4) is 0 Å². The zero-order chi connectivity index (χ0) is 17.4. The summed E-state index contributed by atoms with van der Waals surface area (Å²) in [7, 11) is 0. The third-order valence-corrected chi connectivity index (χ3v) is 5.13. The second-order valence-corrected chi connectivity index (χ2v) is 6.98. The van der Waals surface area contributed by atoms with Gasteiger partial charge in [0.05, 0.1) is 10.4 Å². The van der Waals surface area contributed by atoms with E-state index in [9.17, 15) is 14.9 Å². The molecule has 1 amide bonds. The number of aromatic amines is 1. The molecule has 26 heavy (non-hydrogen) atoms. The van der Waals surface area contributed by atoms with Crippen molar-refractivity contribution in [3.8, 4) is 0 Å². The zero-order valence-electron chi connectivity index (χ0n) is 14.3. The molecule has 2 aliphatic rings. The molecule has 0 radical (unpaired) electrons. The van der Waals surface area contributed by atoms with Crippen molar-refractivity contribution in [2.45, 2.75) is 31.7 Å². The van der Waals surface area contributed by atoms with Crippen LogP contribution in [0.5, 0.6) is 0 Å². The Labute approximate surface area is 156 Å². The van der Waals surface area contributed by atoms with Crippen LogP contribution >= 0.6 is 12.4 Å². The number of halogens is 1. The van der Waals surface area contributed by atoms with Crippen molar-refractivity contribution in [2.24, 2.45) is 5.92 Å². The summed E-state index contributed by atoms with van der Waals surface area (Å²) in [6.07, 6.45) is 4.54. The molecular formula is C17H22ClN5O3. The lowest BCUT2D eigenvalue weighted by Gasteiger charge is -2.32. The average Bonchev–Trinajstić information content (AvgIpc) is 3.36. The van der Waals surface area contributed by atoms with Crippen molar-refractivity contribution in [3.63, 3.8) is 0 Å². The maximum atomic E-state index is 12.8. The molecule has 0 bridgehead atoms. The second-order valence-electron chi connectivity index (χ2n) is 6.98. The molecule has 2 N–H and O–H groups in total. The van der Waals surface area contributed by atoms with E-state index in [4.69, 9.17) is 0 Å². The first kappa shape index (κ1) is 18.6. The summed E-state index contributed by atoms with van der Waals surface area (Å²) in [5.74, 6) is 0.693. The number of nitrogens with zero attached hydrogens (tertiary/aromatic N) is 3. The Morgan fingerprint density at radius 1 is 1.31 bits per heavy atom. The molecule has 9 heteroatoms. The number of aromatic nitrogens is 2. The lowest BCUT2D eigenvalue weighted by molar-refractivity contribution is -0.384. The fraction of sp³-hybridized carbons (Fsp3) is 0.529. The van der Waals surface area contributed by atoms with Gasteiger partial charge in [0.25, 0.3) is 11.6 Å². The lowest BCUT2D eigenvalue weighted by atomic mass is 10.0. The van der Waals surface area contributed by atoms with E-state index in [0.717, 1.165) is 25.3 Å². The molecule has 1 aromatic heterocycles. The van der Waals surface area contributed by atoms with E-state index in [-0.39, 0.29) is 29.7 Å². The zero-order valence-corrected chi connectivity index (χ0v) is 15.1. The number of rotatable bonds is 5. The van der Waals surface area contributed by atoms with Crippen molar-refractivity contribution in [1.29, 1.82) is 0 Å². The average molecular weight is 380 g/mol. The quantitative estimate of drug-likeness (QED) is 0.613. The first-order valence-corrected chi connectivity index (χ1v) is 8.77. The minimum Gasteiger partial charge on any atom is -0.337 e. The van der Waals surface area contributed by atoms with Crippen molar-refractivity contribution < 1.29 is 9.72 Å². The Morgan fingerprint density at radius 2 is 2.04 bits per heavy atom. The Morgan fingerprint density at radius 3 is 2.69 bits per heavy atom. The largest absolute Gasteiger partial charge is 0.337 e. The number of carbonyl (C=O) groups is 1. The number of carbonyl (C=O) groups excluding carboxylic acids is 1. The number of benzene rings is 1. The number of nitro groups is 1. The van der Waals surface area contributed by atoms with Gasteiger partial charge in [-0.25, -0.2) is 0 Å². The number of nitro benzene ring substituents is 1. The smallest absolute Gasteiger partial charge is 0.274 e. The SMILES string of the molecule is Cl.O=C(c1n[nH]c2ccc([N+](=O)[O-])cc12)N1CCC(NCC2CC2)CC1. The van der Waals surface area contributed by atoms with E-state index in [2.05, 4.69) is 15.5 Å². The molecule has 1 saturated carbocycles. The van der Waals surface area contributed by atoms with Crippen molar-refractivity contribution in [3.05, 3.63) is 34.0 Å².